The van der Waals surface area contributed by atoms with E-state index < -0.39 is 0 Å². The van der Waals surface area contributed by atoms with Gasteiger partial charge in [0.25, 0.3) is 0 Å². The molecule has 0 spiro atoms. The van der Waals surface area contributed by atoms with E-state index in [0.29, 0.717) is 4.47 Å². The van der Waals surface area contributed by atoms with E-state index in [-0.39, 0.29) is 5.82 Å². The molecule has 0 aliphatic heterocycles. The summed E-state index contributed by atoms with van der Waals surface area (Å²) in [5, 5.41) is 9.78. The van der Waals surface area contributed by atoms with Crippen LogP contribution in [0.4, 0.5) is 4.39 Å². The van der Waals surface area contributed by atoms with Gasteiger partial charge in [-0.25, -0.2) is 4.39 Å². The van der Waals surface area contributed by atoms with Crippen molar-refractivity contribution in [3.05, 3.63) is 40.5 Å². The third-order valence-corrected chi connectivity index (χ3v) is 3.44. The van der Waals surface area contributed by atoms with E-state index in [1.165, 1.54) is 6.07 Å². The Balaban J connectivity index is 2.57. The molecule has 2 heterocycles. The van der Waals surface area contributed by atoms with Crippen LogP contribution in [0, 0.1) is 12.7 Å². The third kappa shape index (κ3) is 1.18. The molecule has 5 heteroatoms. The molecule has 0 unspecified atom stereocenters. The van der Waals surface area contributed by atoms with Gasteiger partial charge in [0.1, 0.15) is 11.6 Å². The molecule has 3 rings (SSSR count). The van der Waals surface area contributed by atoms with Crippen molar-refractivity contribution in [3.8, 4) is 0 Å². The lowest BCUT2D eigenvalue weighted by molar-refractivity contribution is 0.623. The average molecular weight is 280 g/mol. The van der Waals surface area contributed by atoms with Crippen LogP contribution in [0.15, 0.2) is 28.9 Å². The Kier molecular flexibility index (Phi) is 1.97. The van der Waals surface area contributed by atoms with Crippen molar-refractivity contribution < 1.29 is 4.39 Å². The van der Waals surface area contributed by atoms with Crippen LogP contribution < -0.4 is 0 Å². The first-order valence-electron chi connectivity index (χ1n) is 4.76. The molecule has 3 nitrogen and oxygen atoms in total. The number of hydrogen-bond acceptors (Lipinski definition) is 2. The summed E-state index contributed by atoms with van der Waals surface area (Å²) in [6.07, 6.45) is 1.84. The van der Waals surface area contributed by atoms with Gasteiger partial charge in [0.15, 0.2) is 5.65 Å². The second-order valence-corrected chi connectivity index (χ2v) is 4.37. The number of hydrogen-bond donors (Lipinski definition) is 0. The van der Waals surface area contributed by atoms with Crippen LogP contribution in [0.25, 0.3) is 16.4 Å². The van der Waals surface area contributed by atoms with E-state index in [1.807, 2.05) is 23.6 Å². The number of benzene rings is 1. The lowest BCUT2D eigenvalue weighted by Gasteiger charge is -2.03. The number of rotatable bonds is 0. The van der Waals surface area contributed by atoms with Gasteiger partial charge in [-0.3, -0.25) is 4.40 Å². The monoisotopic (exact) mass is 279 g/mol. The minimum Gasteiger partial charge on any atom is -0.286 e. The first-order valence-corrected chi connectivity index (χ1v) is 5.56. The number of pyridine rings is 1. The SMILES string of the molecule is Cc1nnc2c3ccc(F)c(Br)c3ccn12. The van der Waals surface area contributed by atoms with Crippen molar-refractivity contribution in [1.29, 1.82) is 0 Å². The summed E-state index contributed by atoms with van der Waals surface area (Å²) in [7, 11) is 0. The molecule has 0 fully saturated rings. The van der Waals surface area contributed by atoms with E-state index in [0.717, 1.165) is 22.2 Å². The summed E-state index contributed by atoms with van der Waals surface area (Å²) in [4.78, 5) is 0. The van der Waals surface area contributed by atoms with Gasteiger partial charge >= 0.3 is 0 Å². The van der Waals surface area contributed by atoms with Gasteiger partial charge in [-0.15, -0.1) is 10.2 Å². The summed E-state index contributed by atoms with van der Waals surface area (Å²) in [5.74, 6) is 0.547. The van der Waals surface area contributed by atoms with Crippen molar-refractivity contribution in [1.82, 2.24) is 14.6 Å². The van der Waals surface area contributed by atoms with Crippen LogP contribution in [0.1, 0.15) is 5.82 Å². The highest BCUT2D eigenvalue weighted by Gasteiger charge is 2.10. The zero-order valence-corrected chi connectivity index (χ0v) is 9.99. The van der Waals surface area contributed by atoms with Crippen LogP contribution in [0.2, 0.25) is 0 Å². The van der Waals surface area contributed by atoms with E-state index >= 15 is 0 Å². The zero-order valence-electron chi connectivity index (χ0n) is 8.41. The lowest BCUT2D eigenvalue weighted by Crippen LogP contribution is -1.90. The number of fused-ring (bicyclic) bond motifs is 3. The number of nitrogens with zero attached hydrogens (tertiary/aromatic N) is 3. The van der Waals surface area contributed by atoms with Crippen LogP contribution in [-0.4, -0.2) is 14.6 Å². The van der Waals surface area contributed by atoms with Crippen molar-refractivity contribution in [2.24, 2.45) is 0 Å². The molecule has 3 aromatic rings. The van der Waals surface area contributed by atoms with Crippen LogP contribution in [-0.2, 0) is 0 Å². The summed E-state index contributed by atoms with van der Waals surface area (Å²) in [5.41, 5.74) is 0.746. The lowest BCUT2D eigenvalue weighted by atomic mass is 10.1. The second-order valence-electron chi connectivity index (χ2n) is 3.58. The molecule has 0 aliphatic rings. The van der Waals surface area contributed by atoms with E-state index in [9.17, 15) is 4.39 Å². The Hall–Kier alpha value is -1.49. The Morgan fingerprint density at radius 2 is 2.00 bits per heavy atom. The molecule has 0 radical (unpaired) electrons. The summed E-state index contributed by atoms with van der Waals surface area (Å²) < 4.78 is 15.7. The van der Waals surface area contributed by atoms with Crippen molar-refractivity contribution in [2.75, 3.05) is 0 Å². The average Bonchev–Trinajstić information content (AvgIpc) is 2.66. The molecule has 0 amide bonds. The molecule has 0 saturated carbocycles. The molecule has 0 N–H and O–H groups in total. The van der Waals surface area contributed by atoms with Gasteiger partial charge in [-0.2, -0.15) is 0 Å². The topological polar surface area (TPSA) is 30.2 Å². The van der Waals surface area contributed by atoms with E-state index in [4.69, 9.17) is 0 Å². The summed E-state index contributed by atoms with van der Waals surface area (Å²) >= 11 is 3.24. The maximum Gasteiger partial charge on any atom is 0.168 e. The number of aromatic nitrogens is 3. The Labute approximate surface area is 99.0 Å². The minimum atomic E-state index is -0.270. The fourth-order valence-corrected chi connectivity index (χ4v) is 2.28. The largest absolute Gasteiger partial charge is 0.286 e. The van der Waals surface area contributed by atoms with Gasteiger partial charge < -0.3 is 0 Å². The molecule has 0 bridgehead atoms. The quantitative estimate of drug-likeness (QED) is 0.633. The molecule has 0 atom stereocenters. The fourth-order valence-electron chi connectivity index (χ4n) is 1.80. The second kappa shape index (κ2) is 3.25. The molecular weight excluding hydrogens is 273 g/mol. The molecular formula is C11H7BrFN3. The first-order chi connectivity index (χ1) is 7.68. The molecule has 2 aromatic heterocycles. The highest BCUT2D eigenvalue weighted by molar-refractivity contribution is 9.10. The molecule has 0 saturated heterocycles. The van der Waals surface area contributed by atoms with E-state index in [1.54, 1.807) is 6.07 Å². The predicted molar refractivity (Wildman–Crippen MR) is 62.9 cm³/mol. The maximum atomic E-state index is 13.4. The van der Waals surface area contributed by atoms with Crippen molar-refractivity contribution in [3.63, 3.8) is 0 Å². The van der Waals surface area contributed by atoms with Gasteiger partial charge in [0.05, 0.1) is 4.47 Å². The van der Waals surface area contributed by atoms with Crippen LogP contribution in [0.5, 0.6) is 0 Å². The third-order valence-electron chi connectivity index (χ3n) is 2.63. The smallest absolute Gasteiger partial charge is 0.168 e. The highest BCUT2D eigenvalue weighted by atomic mass is 79.9. The molecule has 80 valence electrons. The summed E-state index contributed by atoms with van der Waals surface area (Å²) in [6, 6.07) is 5.00. The Bertz CT molecular complexity index is 705. The van der Waals surface area contributed by atoms with Gasteiger partial charge in [-0.1, -0.05) is 0 Å². The number of halogens is 2. The van der Waals surface area contributed by atoms with Crippen LogP contribution in [0.3, 0.4) is 0 Å². The standard InChI is InChI=1S/C11H7BrFN3/c1-6-14-15-11-8-2-3-9(13)10(12)7(8)4-5-16(6)11/h2-5H,1H3. The van der Waals surface area contributed by atoms with Gasteiger partial charge in [-0.05, 0) is 41.1 Å². The summed E-state index contributed by atoms with van der Waals surface area (Å²) in [6.45, 7) is 1.88. The molecule has 1 aromatic carbocycles. The maximum absolute atomic E-state index is 13.4. The zero-order chi connectivity index (χ0) is 11.3. The number of aryl methyl sites for hydroxylation is 1. The Morgan fingerprint density at radius 3 is 2.81 bits per heavy atom. The van der Waals surface area contributed by atoms with E-state index in [2.05, 4.69) is 26.1 Å². The molecule has 0 aliphatic carbocycles. The van der Waals surface area contributed by atoms with Crippen LogP contribution >= 0.6 is 15.9 Å². The van der Waals surface area contributed by atoms with Gasteiger partial charge in [0, 0.05) is 17.0 Å². The molecule has 16 heavy (non-hydrogen) atoms. The van der Waals surface area contributed by atoms with Crippen molar-refractivity contribution in [2.45, 2.75) is 6.92 Å². The van der Waals surface area contributed by atoms with Crippen molar-refractivity contribution >= 4 is 32.3 Å². The predicted octanol–water partition coefficient (Wildman–Crippen LogP) is 3.09. The van der Waals surface area contributed by atoms with Gasteiger partial charge in [0.2, 0.25) is 0 Å². The fraction of sp³-hybridized carbons (Fsp3) is 0.0909. The minimum absolute atomic E-state index is 0.270. The highest BCUT2D eigenvalue weighted by Crippen LogP contribution is 2.28. The normalized spacial score (nSPS) is 11.4. The Morgan fingerprint density at radius 1 is 1.19 bits per heavy atom. The first kappa shape index (κ1) is 9.72.